The summed E-state index contributed by atoms with van der Waals surface area (Å²) in [6, 6.07) is -1.45. The molecule has 0 aliphatic heterocycles. The van der Waals surface area contributed by atoms with Gasteiger partial charge in [-0.15, -0.1) is 0 Å². The van der Waals surface area contributed by atoms with E-state index in [1.165, 1.54) is 26.4 Å². The topological polar surface area (TPSA) is 87.7 Å². The number of ether oxygens (including phenoxy) is 1. The lowest BCUT2D eigenvalue weighted by Crippen LogP contribution is -2.49. The summed E-state index contributed by atoms with van der Waals surface area (Å²) in [6.45, 7) is 2.77. The summed E-state index contributed by atoms with van der Waals surface area (Å²) in [6.07, 6.45) is 4.80. The Labute approximate surface area is 113 Å². The normalized spacial score (nSPS) is 24.5. The quantitative estimate of drug-likeness (QED) is 0.678. The minimum absolute atomic E-state index is 0.0391. The smallest absolute Gasteiger partial charge is 0.328 e. The molecule has 3 N–H and O–H groups in total. The second-order valence-electron chi connectivity index (χ2n) is 5.22. The molecular formula is C13H24N2O4. The molecule has 2 amide bonds. The van der Waals surface area contributed by atoms with Crippen molar-refractivity contribution in [1.82, 2.24) is 10.6 Å². The van der Waals surface area contributed by atoms with Crippen LogP contribution < -0.4 is 10.6 Å². The van der Waals surface area contributed by atoms with Crippen LogP contribution in [0.3, 0.4) is 0 Å². The van der Waals surface area contributed by atoms with Gasteiger partial charge in [0.1, 0.15) is 0 Å². The third-order valence-electron chi connectivity index (χ3n) is 3.75. The van der Waals surface area contributed by atoms with Gasteiger partial charge in [-0.1, -0.05) is 26.2 Å². The van der Waals surface area contributed by atoms with Crippen molar-refractivity contribution >= 4 is 12.0 Å². The summed E-state index contributed by atoms with van der Waals surface area (Å²) >= 11 is 0. The minimum Gasteiger partial charge on any atom is -0.480 e. The average Bonchev–Trinajstić information content (AvgIpc) is 2.37. The van der Waals surface area contributed by atoms with E-state index in [0.29, 0.717) is 18.4 Å². The Balaban J connectivity index is 2.31. The van der Waals surface area contributed by atoms with Gasteiger partial charge in [0.15, 0.2) is 6.04 Å². The summed E-state index contributed by atoms with van der Waals surface area (Å²) in [5.74, 6) is 0.0107. The molecule has 3 unspecified atom stereocenters. The van der Waals surface area contributed by atoms with Crippen molar-refractivity contribution in [2.24, 2.45) is 11.8 Å². The number of amides is 2. The van der Waals surface area contributed by atoms with E-state index in [-0.39, 0.29) is 6.61 Å². The Morgan fingerprint density at radius 1 is 1.37 bits per heavy atom. The number of carbonyl (C=O) groups excluding carboxylic acids is 1. The van der Waals surface area contributed by atoms with Crippen molar-refractivity contribution in [1.29, 1.82) is 0 Å². The van der Waals surface area contributed by atoms with E-state index in [9.17, 15) is 9.59 Å². The van der Waals surface area contributed by atoms with Crippen LogP contribution in [0.4, 0.5) is 4.79 Å². The third kappa shape index (κ3) is 5.46. The third-order valence-corrected chi connectivity index (χ3v) is 3.75. The molecule has 0 heterocycles. The maximum atomic E-state index is 11.6. The van der Waals surface area contributed by atoms with Gasteiger partial charge >= 0.3 is 12.0 Å². The van der Waals surface area contributed by atoms with Crippen LogP contribution in [-0.2, 0) is 9.53 Å². The SMILES string of the molecule is COCC(NC(=O)NCC1CCCCC1C)C(=O)O. The minimum atomic E-state index is -1.09. The molecule has 0 spiro atoms. The lowest BCUT2D eigenvalue weighted by molar-refractivity contribution is -0.140. The van der Waals surface area contributed by atoms with E-state index in [2.05, 4.69) is 17.6 Å². The number of carboxylic acid groups (broad SMARTS) is 1. The van der Waals surface area contributed by atoms with Gasteiger partial charge in [-0.3, -0.25) is 0 Å². The highest BCUT2D eigenvalue weighted by atomic mass is 16.5. The Morgan fingerprint density at radius 2 is 2.05 bits per heavy atom. The number of methoxy groups -OCH3 is 1. The maximum Gasteiger partial charge on any atom is 0.328 e. The van der Waals surface area contributed by atoms with Crippen LogP contribution in [0.2, 0.25) is 0 Å². The highest BCUT2D eigenvalue weighted by molar-refractivity contribution is 5.82. The Kier molecular flexibility index (Phi) is 6.62. The molecule has 0 aromatic rings. The zero-order valence-electron chi connectivity index (χ0n) is 11.6. The monoisotopic (exact) mass is 272 g/mol. The average molecular weight is 272 g/mol. The zero-order valence-corrected chi connectivity index (χ0v) is 11.6. The predicted molar refractivity (Wildman–Crippen MR) is 71.0 cm³/mol. The molecule has 0 saturated heterocycles. The molecule has 0 aromatic carbocycles. The molecule has 19 heavy (non-hydrogen) atoms. The number of carboxylic acids is 1. The first-order valence-corrected chi connectivity index (χ1v) is 6.80. The molecule has 0 radical (unpaired) electrons. The van der Waals surface area contributed by atoms with Crippen molar-refractivity contribution in [3.05, 3.63) is 0 Å². The first-order valence-electron chi connectivity index (χ1n) is 6.80. The fourth-order valence-electron chi connectivity index (χ4n) is 2.47. The fraction of sp³-hybridized carbons (Fsp3) is 0.846. The number of rotatable bonds is 6. The number of aliphatic carboxylic acids is 1. The lowest BCUT2D eigenvalue weighted by atomic mass is 9.80. The van der Waals surface area contributed by atoms with Crippen LogP contribution in [0.1, 0.15) is 32.6 Å². The van der Waals surface area contributed by atoms with Gasteiger partial charge in [-0.05, 0) is 18.3 Å². The molecule has 1 rings (SSSR count). The number of hydrogen-bond acceptors (Lipinski definition) is 3. The summed E-state index contributed by atoms with van der Waals surface area (Å²) in [7, 11) is 1.40. The van der Waals surface area contributed by atoms with Gasteiger partial charge in [0.2, 0.25) is 0 Å². The number of hydrogen-bond donors (Lipinski definition) is 3. The molecule has 110 valence electrons. The van der Waals surface area contributed by atoms with Crippen LogP contribution in [0.5, 0.6) is 0 Å². The molecule has 6 heteroatoms. The highest BCUT2D eigenvalue weighted by Gasteiger charge is 2.23. The number of nitrogens with one attached hydrogen (secondary N) is 2. The molecule has 1 fully saturated rings. The van der Waals surface area contributed by atoms with E-state index in [4.69, 9.17) is 9.84 Å². The van der Waals surface area contributed by atoms with Gasteiger partial charge in [-0.2, -0.15) is 0 Å². The van der Waals surface area contributed by atoms with E-state index in [1.807, 2.05) is 0 Å². The first kappa shape index (κ1) is 15.8. The van der Waals surface area contributed by atoms with Crippen molar-refractivity contribution in [2.75, 3.05) is 20.3 Å². The van der Waals surface area contributed by atoms with Crippen LogP contribution in [0.25, 0.3) is 0 Å². The number of urea groups is 1. The fourth-order valence-corrected chi connectivity index (χ4v) is 2.47. The summed E-state index contributed by atoms with van der Waals surface area (Å²) < 4.78 is 4.75. The maximum absolute atomic E-state index is 11.6. The Bertz CT molecular complexity index is 309. The van der Waals surface area contributed by atoms with Crippen LogP contribution >= 0.6 is 0 Å². The van der Waals surface area contributed by atoms with Gasteiger partial charge < -0.3 is 20.5 Å². The molecule has 0 aromatic heterocycles. The zero-order chi connectivity index (χ0) is 14.3. The van der Waals surface area contributed by atoms with E-state index in [0.717, 1.165) is 6.42 Å². The second-order valence-corrected chi connectivity index (χ2v) is 5.22. The molecule has 1 aliphatic carbocycles. The van der Waals surface area contributed by atoms with Crippen LogP contribution in [0, 0.1) is 11.8 Å². The van der Waals surface area contributed by atoms with Crippen LogP contribution in [-0.4, -0.2) is 43.4 Å². The van der Waals surface area contributed by atoms with E-state index in [1.54, 1.807) is 0 Å². The summed E-state index contributed by atoms with van der Waals surface area (Å²) in [5.41, 5.74) is 0. The standard InChI is InChI=1S/C13H24N2O4/c1-9-5-3-4-6-10(9)7-14-13(18)15-11(8-19-2)12(16)17/h9-11H,3-8H2,1-2H3,(H,16,17)(H2,14,15,18). The number of carbonyl (C=O) groups is 2. The molecule has 0 bridgehead atoms. The van der Waals surface area contributed by atoms with Crippen molar-refractivity contribution in [3.63, 3.8) is 0 Å². The van der Waals surface area contributed by atoms with E-state index >= 15 is 0 Å². The molecule has 1 aliphatic rings. The Hall–Kier alpha value is -1.30. The van der Waals surface area contributed by atoms with Crippen molar-refractivity contribution in [2.45, 2.75) is 38.6 Å². The summed E-state index contributed by atoms with van der Waals surface area (Å²) in [4.78, 5) is 22.5. The van der Waals surface area contributed by atoms with Gasteiger partial charge in [0, 0.05) is 13.7 Å². The summed E-state index contributed by atoms with van der Waals surface area (Å²) in [5, 5.41) is 14.0. The van der Waals surface area contributed by atoms with E-state index < -0.39 is 18.0 Å². The molecular weight excluding hydrogens is 248 g/mol. The van der Waals surface area contributed by atoms with Crippen molar-refractivity contribution < 1.29 is 19.4 Å². The highest BCUT2D eigenvalue weighted by Crippen LogP contribution is 2.28. The van der Waals surface area contributed by atoms with Gasteiger partial charge in [-0.25, -0.2) is 9.59 Å². The van der Waals surface area contributed by atoms with Crippen molar-refractivity contribution in [3.8, 4) is 0 Å². The molecule has 6 nitrogen and oxygen atoms in total. The lowest BCUT2D eigenvalue weighted by Gasteiger charge is -2.29. The molecule has 1 saturated carbocycles. The second kappa shape index (κ2) is 7.99. The largest absolute Gasteiger partial charge is 0.480 e. The van der Waals surface area contributed by atoms with Crippen LogP contribution in [0.15, 0.2) is 0 Å². The molecule has 3 atom stereocenters. The first-order chi connectivity index (χ1) is 9.04. The Morgan fingerprint density at radius 3 is 2.63 bits per heavy atom. The van der Waals surface area contributed by atoms with Gasteiger partial charge in [0.05, 0.1) is 6.61 Å². The van der Waals surface area contributed by atoms with Gasteiger partial charge in [0.25, 0.3) is 0 Å². The predicted octanol–water partition coefficient (Wildman–Crippen LogP) is 1.21.